The van der Waals surface area contributed by atoms with E-state index in [1.54, 1.807) is 0 Å². The number of halogens is 1. The Morgan fingerprint density at radius 1 is 0.962 bits per heavy atom. The van der Waals surface area contributed by atoms with Crippen LogP contribution in [0.5, 0.6) is 0 Å². The van der Waals surface area contributed by atoms with Gasteiger partial charge in [0.25, 0.3) is 0 Å². The van der Waals surface area contributed by atoms with Crippen LogP contribution < -0.4 is 0 Å². The van der Waals surface area contributed by atoms with Crippen molar-refractivity contribution in [3.63, 3.8) is 0 Å². The molecule has 0 amide bonds. The molecule has 0 bridgehead atoms. The van der Waals surface area contributed by atoms with Crippen LogP contribution >= 0.6 is 11.6 Å². The number of rotatable bonds is 4. The van der Waals surface area contributed by atoms with Crippen molar-refractivity contribution in [1.29, 1.82) is 0 Å². The van der Waals surface area contributed by atoms with Crippen LogP contribution in [0.2, 0.25) is 5.02 Å². The lowest BCUT2D eigenvalue weighted by Gasteiger charge is -2.39. The topological polar surface area (TPSA) is 16.4 Å². The first-order valence-corrected chi connectivity index (χ1v) is 9.71. The molecule has 0 aliphatic carbocycles. The molecule has 0 fully saturated rings. The summed E-state index contributed by atoms with van der Waals surface area (Å²) in [5.41, 5.74) is 5.12. The van der Waals surface area contributed by atoms with Gasteiger partial charge in [0.1, 0.15) is 11.5 Å². The number of benzene rings is 1. The molecule has 2 nitrogen and oxygen atoms in total. The highest BCUT2D eigenvalue weighted by molar-refractivity contribution is 6.30. The maximum Gasteiger partial charge on any atom is 0.134 e. The summed E-state index contributed by atoms with van der Waals surface area (Å²) in [6.07, 6.45) is 2.34. The molecule has 2 aromatic rings. The number of allylic oxidation sites excluding steroid dienone is 4. The monoisotopic (exact) mass is 369 g/mol. The maximum atomic E-state index is 6.28. The number of nitrogens with zero attached hydrogens (tertiary/aromatic N) is 1. The molecule has 1 aromatic carbocycles. The van der Waals surface area contributed by atoms with Crippen molar-refractivity contribution in [1.82, 2.24) is 4.90 Å². The number of hydrogen-bond acceptors (Lipinski definition) is 2. The largest absolute Gasteiger partial charge is 0.460 e. The third-order valence-corrected chi connectivity index (χ3v) is 5.35. The Morgan fingerprint density at radius 2 is 1.62 bits per heavy atom. The lowest BCUT2D eigenvalue weighted by molar-refractivity contribution is 0.330. The highest BCUT2D eigenvalue weighted by Crippen LogP contribution is 2.42. The summed E-state index contributed by atoms with van der Waals surface area (Å²) in [5, 5.41) is 0.737. The van der Waals surface area contributed by atoms with Crippen molar-refractivity contribution in [3.8, 4) is 11.3 Å². The van der Waals surface area contributed by atoms with Crippen molar-refractivity contribution in [2.24, 2.45) is 5.92 Å². The van der Waals surface area contributed by atoms with Gasteiger partial charge in [-0.15, -0.1) is 0 Å². The van der Waals surface area contributed by atoms with E-state index in [1.165, 1.54) is 17.0 Å². The average molecular weight is 370 g/mol. The zero-order chi connectivity index (χ0) is 19.0. The predicted octanol–water partition coefficient (Wildman–Crippen LogP) is 7.24. The smallest absolute Gasteiger partial charge is 0.134 e. The molecule has 138 valence electrons. The Hall–Kier alpha value is -1.93. The van der Waals surface area contributed by atoms with Gasteiger partial charge in [0.2, 0.25) is 0 Å². The zero-order valence-corrected chi connectivity index (χ0v) is 17.3. The molecule has 1 aromatic heterocycles. The molecule has 1 atom stereocenters. The molecule has 1 aliphatic rings. The van der Waals surface area contributed by atoms with Crippen LogP contribution in [0.3, 0.4) is 0 Å². The van der Waals surface area contributed by atoms with Crippen LogP contribution in [0.4, 0.5) is 0 Å². The Balaban J connectivity index is 2.01. The second kappa shape index (κ2) is 7.36. The van der Waals surface area contributed by atoms with Crippen LogP contribution in [0.1, 0.15) is 53.2 Å². The second-order valence-electron chi connectivity index (χ2n) is 7.65. The van der Waals surface area contributed by atoms with E-state index in [0.717, 1.165) is 22.1 Å². The average Bonchev–Trinajstić information content (AvgIpc) is 3.04. The first-order chi connectivity index (χ1) is 12.3. The standard InChI is InChI=1S/C23H28ClNO/c1-14(2)23-17(6)25(15(3)4)16(5)13-20(23)22-12-11-21(26-22)18-7-9-19(24)10-8-18/h7-15,20H,1-6H3. The van der Waals surface area contributed by atoms with E-state index in [0.29, 0.717) is 12.0 Å². The minimum atomic E-state index is 0.186. The Labute approximate surface area is 162 Å². The SMILES string of the molecule is CC1=CC(c2ccc(-c3ccc(Cl)cc3)o2)C(C(C)C)=C(C)N1C(C)C. The predicted molar refractivity (Wildman–Crippen MR) is 110 cm³/mol. The molecule has 1 unspecified atom stereocenters. The second-order valence-corrected chi connectivity index (χ2v) is 8.09. The van der Waals surface area contributed by atoms with Gasteiger partial charge in [-0.25, -0.2) is 0 Å². The first-order valence-electron chi connectivity index (χ1n) is 9.33. The molecule has 26 heavy (non-hydrogen) atoms. The third-order valence-electron chi connectivity index (χ3n) is 5.10. The lowest BCUT2D eigenvalue weighted by Crippen LogP contribution is -2.33. The van der Waals surface area contributed by atoms with Crippen molar-refractivity contribution in [3.05, 3.63) is 70.2 Å². The molecular weight excluding hydrogens is 342 g/mol. The van der Waals surface area contributed by atoms with Gasteiger partial charge < -0.3 is 9.32 Å². The summed E-state index contributed by atoms with van der Waals surface area (Å²) in [5.74, 6) is 2.52. The van der Waals surface area contributed by atoms with Gasteiger partial charge in [0, 0.05) is 28.0 Å². The molecule has 0 saturated heterocycles. The molecule has 3 rings (SSSR count). The molecule has 0 N–H and O–H groups in total. The van der Waals surface area contributed by atoms with Crippen LogP contribution in [0.15, 0.2) is 63.9 Å². The van der Waals surface area contributed by atoms with Gasteiger partial charge in [-0.2, -0.15) is 0 Å². The van der Waals surface area contributed by atoms with Gasteiger partial charge in [-0.1, -0.05) is 31.5 Å². The van der Waals surface area contributed by atoms with Crippen molar-refractivity contribution < 1.29 is 4.42 Å². The van der Waals surface area contributed by atoms with Gasteiger partial charge in [0.05, 0.1) is 5.92 Å². The van der Waals surface area contributed by atoms with E-state index in [4.69, 9.17) is 16.0 Å². The molecule has 0 spiro atoms. The van der Waals surface area contributed by atoms with Crippen LogP contribution in [-0.4, -0.2) is 10.9 Å². The minimum absolute atomic E-state index is 0.186. The molecule has 2 heterocycles. The van der Waals surface area contributed by atoms with E-state index in [1.807, 2.05) is 24.3 Å². The summed E-state index contributed by atoms with van der Waals surface area (Å²) in [6.45, 7) is 13.4. The van der Waals surface area contributed by atoms with E-state index < -0.39 is 0 Å². The fraction of sp³-hybridized carbons (Fsp3) is 0.391. The fourth-order valence-electron chi connectivity index (χ4n) is 4.14. The molecule has 1 aliphatic heterocycles. The van der Waals surface area contributed by atoms with Crippen molar-refractivity contribution in [2.75, 3.05) is 0 Å². The van der Waals surface area contributed by atoms with Crippen molar-refractivity contribution >= 4 is 11.6 Å². The van der Waals surface area contributed by atoms with E-state index in [2.05, 4.69) is 64.7 Å². The van der Waals surface area contributed by atoms with Gasteiger partial charge in [-0.05, 0) is 75.6 Å². The van der Waals surface area contributed by atoms with Crippen LogP contribution in [-0.2, 0) is 0 Å². The molecule has 0 saturated carbocycles. The Kier molecular flexibility index (Phi) is 5.34. The van der Waals surface area contributed by atoms with Gasteiger partial charge in [0.15, 0.2) is 0 Å². The summed E-state index contributed by atoms with van der Waals surface area (Å²) in [7, 11) is 0. The lowest BCUT2D eigenvalue weighted by atomic mass is 9.83. The highest BCUT2D eigenvalue weighted by atomic mass is 35.5. The summed E-state index contributed by atoms with van der Waals surface area (Å²) >= 11 is 6.00. The number of hydrogen-bond donors (Lipinski definition) is 0. The normalized spacial score (nSPS) is 18.1. The molecule has 0 radical (unpaired) electrons. The summed E-state index contributed by atoms with van der Waals surface area (Å²) in [6, 6.07) is 12.4. The quantitative estimate of drug-likeness (QED) is 0.564. The zero-order valence-electron chi connectivity index (χ0n) is 16.5. The van der Waals surface area contributed by atoms with Crippen molar-refractivity contribution in [2.45, 2.75) is 53.5 Å². The van der Waals surface area contributed by atoms with E-state index in [-0.39, 0.29) is 5.92 Å². The fourth-order valence-corrected chi connectivity index (χ4v) is 4.26. The highest BCUT2D eigenvalue weighted by Gasteiger charge is 2.30. The summed E-state index contributed by atoms with van der Waals surface area (Å²) < 4.78 is 6.28. The van der Waals surface area contributed by atoms with E-state index >= 15 is 0 Å². The maximum absolute atomic E-state index is 6.28. The van der Waals surface area contributed by atoms with Gasteiger partial charge in [-0.3, -0.25) is 0 Å². The minimum Gasteiger partial charge on any atom is -0.460 e. The number of furan rings is 1. The Morgan fingerprint density at radius 3 is 2.19 bits per heavy atom. The van der Waals surface area contributed by atoms with Crippen LogP contribution in [0, 0.1) is 5.92 Å². The molecule has 3 heteroatoms. The van der Waals surface area contributed by atoms with E-state index in [9.17, 15) is 0 Å². The summed E-state index contributed by atoms with van der Waals surface area (Å²) in [4.78, 5) is 2.43. The first kappa shape index (κ1) is 18.8. The molecular formula is C23H28ClNO. The van der Waals surface area contributed by atoms with Crippen LogP contribution in [0.25, 0.3) is 11.3 Å². The Bertz CT molecular complexity index is 839. The van der Waals surface area contributed by atoms with Gasteiger partial charge >= 0.3 is 0 Å². The third kappa shape index (κ3) is 3.48.